The minimum atomic E-state index is 0.0615. The van der Waals surface area contributed by atoms with Gasteiger partial charge in [-0.1, -0.05) is 19.1 Å². The third-order valence-electron chi connectivity index (χ3n) is 4.62. The maximum atomic E-state index is 13.1. The molecule has 2 aromatic carbocycles. The first-order chi connectivity index (χ1) is 13.1. The van der Waals surface area contributed by atoms with E-state index < -0.39 is 0 Å². The van der Waals surface area contributed by atoms with Gasteiger partial charge in [-0.2, -0.15) is 0 Å². The molecule has 1 aliphatic rings. The number of para-hydroxylation sites is 1. The zero-order chi connectivity index (χ0) is 19.4. The highest BCUT2D eigenvalue weighted by Crippen LogP contribution is 2.40. The van der Waals surface area contributed by atoms with Crippen LogP contribution in [0.2, 0.25) is 0 Å². The lowest BCUT2D eigenvalue weighted by molar-refractivity contribution is -0.118. The van der Waals surface area contributed by atoms with Crippen LogP contribution in [0.15, 0.2) is 41.3 Å². The largest absolute Gasteiger partial charge is 0.493 e. The van der Waals surface area contributed by atoms with Crippen molar-refractivity contribution in [1.29, 1.82) is 0 Å². The Labute approximate surface area is 164 Å². The standard InChI is InChI=1S/C21H25NO4S/c1-14-9-10-22(16-7-5-6-8-19(16)27-14)20(23)13-15-11-17(24-2)21(26-4)18(12-15)25-3/h5-8,11-12,14H,9-10,13H2,1-4H3/t14-/m1/s1. The number of fused-ring (bicyclic) bond motifs is 1. The predicted octanol–water partition coefficient (Wildman–Crippen LogP) is 4.17. The first-order valence-corrected chi connectivity index (χ1v) is 9.80. The van der Waals surface area contributed by atoms with Crippen molar-refractivity contribution >= 4 is 23.4 Å². The molecule has 0 aromatic heterocycles. The van der Waals surface area contributed by atoms with E-state index in [1.165, 1.54) is 0 Å². The number of amides is 1. The van der Waals surface area contributed by atoms with Crippen LogP contribution in [0.25, 0.3) is 0 Å². The third kappa shape index (κ3) is 4.16. The Morgan fingerprint density at radius 3 is 2.41 bits per heavy atom. The summed E-state index contributed by atoms with van der Waals surface area (Å²) in [5, 5.41) is 0.477. The van der Waals surface area contributed by atoms with Gasteiger partial charge >= 0.3 is 0 Å². The number of anilines is 1. The Balaban J connectivity index is 1.89. The van der Waals surface area contributed by atoms with Crippen molar-refractivity contribution in [2.45, 2.75) is 29.9 Å². The second-order valence-electron chi connectivity index (χ2n) is 6.44. The van der Waals surface area contributed by atoms with Crippen molar-refractivity contribution in [3.63, 3.8) is 0 Å². The maximum absolute atomic E-state index is 13.1. The van der Waals surface area contributed by atoms with Gasteiger partial charge in [-0.3, -0.25) is 4.79 Å². The highest BCUT2D eigenvalue weighted by Gasteiger charge is 2.25. The molecule has 1 aliphatic heterocycles. The number of nitrogens with zero attached hydrogens (tertiary/aromatic N) is 1. The summed E-state index contributed by atoms with van der Waals surface area (Å²) < 4.78 is 16.2. The number of methoxy groups -OCH3 is 3. The normalized spacial score (nSPS) is 16.3. The fourth-order valence-corrected chi connectivity index (χ4v) is 4.37. The van der Waals surface area contributed by atoms with E-state index in [1.807, 2.05) is 47.0 Å². The Morgan fingerprint density at radius 2 is 1.78 bits per heavy atom. The van der Waals surface area contributed by atoms with Crippen molar-refractivity contribution in [3.8, 4) is 17.2 Å². The second kappa shape index (κ2) is 8.57. The van der Waals surface area contributed by atoms with Gasteiger partial charge in [-0.25, -0.2) is 0 Å². The molecule has 0 N–H and O–H groups in total. The van der Waals surface area contributed by atoms with Gasteiger partial charge in [0.05, 0.1) is 33.4 Å². The van der Waals surface area contributed by atoms with Gasteiger partial charge < -0.3 is 19.1 Å². The van der Waals surface area contributed by atoms with E-state index in [1.54, 1.807) is 21.3 Å². The van der Waals surface area contributed by atoms with E-state index in [9.17, 15) is 4.79 Å². The molecule has 5 nitrogen and oxygen atoms in total. The van der Waals surface area contributed by atoms with Crippen molar-refractivity contribution in [1.82, 2.24) is 0 Å². The van der Waals surface area contributed by atoms with E-state index in [2.05, 4.69) is 13.0 Å². The van der Waals surface area contributed by atoms with E-state index in [0.717, 1.165) is 22.6 Å². The Bertz CT molecular complexity index is 799. The van der Waals surface area contributed by atoms with E-state index in [4.69, 9.17) is 14.2 Å². The molecule has 1 atom stereocenters. The zero-order valence-corrected chi connectivity index (χ0v) is 17.0. The summed E-state index contributed by atoms with van der Waals surface area (Å²) in [5.74, 6) is 1.70. The van der Waals surface area contributed by atoms with Crippen LogP contribution in [0.4, 0.5) is 5.69 Å². The first-order valence-electron chi connectivity index (χ1n) is 8.92. The first kappa shape index (κ1) is 19.4. The van der Waals surface area contributed by atoms with Crippen molar-refractivity contribution in [2.75, 3.05) is 32.8 Å². The third-order valence-corrected chi connectivity index (χ3v) is 5.86. The molecule has 0 spiro atoms. The number of benzene rings is 2. The smallest absolute Gasteiger partial charge is 0.231 e. The second-order valence-corrected chi connectivity index (χ2v) is 7.92. The molecule has 0 bridgehead atoms. The molecule has 0 saturated heterocycles. The Hall–Kier alpha value is -2.34. The van der Waals surface area contributed by atoms with Crippen molar-refractivity contribution in [2.24, 2.45) is 0 Å². The minimum absolute atomic E-state index is 0.0615. The van der Waals surface area contributed by atoms with E-state index in [-0.39, 0.29) is 12.3 Å². The van der Waals surface area contributed by atoms with Crippen LogP contribution in [-0.4, -0.2) is 39.0 Å². The highest BCUT2D eigenvalue weighted by molar-refractivity contribution is 8.00. The molecule has 6 heteroatoms. The number of ether oxygens (including phenoxy) is 3. The number of carbonyl (C=O) groups excluding carboxylic acids is 1. The molecule has 27 heavy (non-hydrogen) atoms. The lowest BCUT2D eigenvalue weighted by Gasteiger charge is -2.23. The number of rotatable bonds is 5. The quantitative estimate of drug-likeness (QED) is 0.771. The van der Waals surface area contributed by atoms with Gasteiger partial charge in [-0.15, -0.1) is 11.8 Å². The molecule has 0 radical (unpaired) electrons. The lowest BCUT2D eigenvalue weighted by Crippen LogP contribution is -2.33. The summed E-state index contributed by atoms with van der Waals surface area (Å²) in [5.41, 5.74) is 1.82. The molecule has 2 aromatic rings. The summed E-state index contributed by atoms with van der Waals surface area (Å²) in [6, 6.07) is 11.8. The van der Waals surface area contributed by atoms with Crippen LogP contribution in [0.5, 0.6) is 17.2 Å². The van der Waals surface area contributed by atoms with Crippen molar-refractivity contribution in [3.05, 3.63) is 42.0 Å². The van der Waals surface area contributed by atoms with E-state index >= 15 is 0 Å². The van der Waals surface area contributed by atoms with Crippen LogP contribution in [0.3, 0.4) is 0 Å². The lowest BCUT2D eigenvalue weighted by atomic mass is 10.1. The molecule has 144 valence electrons. The molecule has 3 rings (SSSR count). The van der Waals surface area contributed by atoms with Gasteiger partial charge in [0.1, 0.15) is 0 Å². The van der Waals surface area contributed by atoms with Crippen LogP contribution >= 0.6 is 11.8 Å². The van der Waals surface area contributed by atoms with Crippen LogP contribution in [-0.2, 0) is 11.2 Å². The maximum Gasteiger partial charge on any atom is 0.231 e. The fraction of sp³-hybridized carbons (Fsp3) is 0.381. The number of carbonyl (C=O) groups is 1. The minimum Gasteiger partial charge on any atom is -0.493 e. The van der Waals surface area contributed by atoms with E-state index in [0.29, 0.717) is 29.0 Å². The monoisotopic (exact) mass is 387 g/mol. The van der Waals surface area contributed by atoms with Crippen LogP contribution in [0, 0.1) is 0 Å². The number of hydrogen-bond donors (Lipinski definition) is 0. The number of thioether (sulfide) groups is 1. The Kier molecular flexibility index (Phi) is 6.16. The molecule has 1 heterocycles. The molecule has 0 saturated carbocycles. The summed E-state index contributed by atoms with van der Waals surface area (Å²) in [4.78, 5) is 16.2. The fourth-order valence-electron chi connectivity index (χ4n) is 3.25. The summed E-state index contributed by atoms with van der Waals surface area (Å²) in [7, 11) is 4.72. The van der Waals surface area contributed by atoms with Gasteiger partial charge in [0.25, 0.3) is 0 Å². The Morgan fingerprint density at radius 1 is 1.11 bits per heavy atom. The van der Waals surface area contributed by atoms with Gasteiger partial charge in [0.2, 0.25) is 11.7 Å². The van der Waals surface area contributed by atoms with Crippen LogP contribution in [0.1, 0.15) is 18.9 Å². The topological polar surface area (TPSA) is 48.0 Å². The van der Waals surface area contributed by atoms with Gasteiger partial charge in [0.15, 0.2) is 11.5 Å². The predicted molar refractivity (Wildman–Crippen MR) is 109 cm³/mol. The molecule has 0 aliphatic carbocycles. The molecular formula is C21H25NO4S. The summed E-state index contributed by atoms with van der Waals surface area (Å²) in [6.45, 7) is 2.92. The number of hydrogen-bond acceptors (Lipinski definition) is 5. The zero-order valence-electron chi connectivity index (χ0n) is 16.2. The molecule has 0 unspecified atom stereocenters. The average Bonchev–Trinajstić information content (AvgIpc) is 2.85. The average molecular weight is 388 g/mol. The van der Waals surface area contributed by atoms with Gasteiger partial charge in [-0.05, 0) is 36.2 Å². The molecular weight excluding hydrogens is 362 g/mol. The van der Waals surface area contributed by atoms with Crippen molar-refractivity contribution < 1.29 is 19.0 Å². The summed E-state index contributed by atoms with van der Waals surface area (Å²) >= 11 is 1.83. The highest BCUT2D eigenvalue weighted by atomic mass is 32.2. The van der Waals surface area contributed by atoms with Gasteiger partial charge in [0, 0.05) is 16.7 Å². The van der Waals surface area contributed by atoms with Crippen LogP contribution < -0.4 is 19.1 Å². The molecule has 1 amide bonds. The SMILES string of the molecule is COc1cc(CC(=O)N2CC[C@@H](C)Sc3ccccc32)cc(OC)c1OC. The summed E-state index contributed by atoms with van der Waals surface area (Å²) in [6.07, 6.45) is 1.23. The molecule has 0 fully saturated rings.